The van der Waals surface area contributed by atoms with E-state index in [0.717, 1.165) is 0 Å². The van der Waals surface area contributed by atoms with E-state index >= 15 is 0 Å². The van der Waals surface area contributed by atoms with Gasteiger partial charge < -0.3 is 9.30 Å². The van der Waals surface area contributed by atoms with E-state index in [1.165, 1.54) is 5.69 Å². The molecule has 0 fully saturated rings. The standard InChI is InChI=1S/C9H15NO/c1-8(2)10-6-4-5-9(10)7-11-3/h4-6,8H,7H2,1-3H3. The molecule has 0 spiro atoms. The molecule has 62 valence electrons. The SMILES string of the molecule is COCc1cccn1C(C)C. The van der Waals surface area contributed by atoms with Crippen LogP contribution in [0.4, 0.5) is 0 Å². The van der Waals surface area contributed by atoms with Gasteiger partial charge in [0, 0.05) is 25.0 Å². The molecule has 0 radical (unpaired) electrons. The molecule has 1 rings (SSSR count). The second-order valence-electron chi connectivity index (χ2n) is 2.93. The highest BCUT2D eigenvalue weighted by molar-refractivity contribution is 5.06. The van der Waals surface area contributed by atoms with E-state index in [9.17, 15) is 0 Å². The van der Waals surface area contributed by atoms with E-state index in [4.69, 9.17) is 4.74 Å². The van der Waals surface area contributed by atoms with Gasteiger partial charge in [0.05, 0.1) is 6.61 Å². The summed E-state index contributed by atoms with van der Waals surface area (Å²) >= 11 is 0. The summed E-state index contributed by atoms with van der Waals surface area (Å²) < 4.78 is 7.27. The molecule has 11 heavy (non-hydrogen) atoms. The smallest absolute Gasteiger partial charge is 0.0864 e. The molecule has 0 N–H and O–H groups in total. The lowest BCUT2D eigenvalue weighted by Crippen LogP contribution is -2.04. The van der Waals surface area contributed by atoms with E-state index in [1.54, 1.807) is 7.11 Å². The molecule has 0 bridgehead atoms. The van der Waals surface area contributed by atoms with Crippen molar-refractivity contribution in [3.63, 3.8) is 0 Å². The van der Waals surface area contributed by atoms with Crippen molar-refractivity contribution >= 4 is 0 Å². The second-order valence-corrected chi connectivity index (χ2v) is 2.93. The molecule has 0 aromatic carbocycles. The summed E-state index contributed by atoms with van der Waals surface area (Å²) in [7, 11) is 1.72. The number of aromatic nitrogens is 1. The van der Waals surface area contributed by atoms with Crippen molar-refractivity contribution in [2.75, 3.05) is 7.11 Å². The number of hydrogen-bond donors (Lipinski definition) is 0. The monoisotopic (exact) mass is 153 g/mol. The first-order valence-corrected chi connectivity index (χ1v) is 3.90. The van der Waals surface area contributed by atoms with Crippen molar-refractivity contribution in [1.29, 1.82) is 0 Å². The van der Waals surface area contributed by atoms with Gasteiger partial charge in [-0.05, 0) is 26.0 Å². The maximum atomic E-state index is 5.06. The summed E-state index contributed by atoms with van der Waals surface area (Å²) in [5.74, 6) is 0. The predicted octanol–water partition coefficient (Wildman–Crippen LogP) is 2.22. The molecular formula is C9H15NO. The third-order valence-electron chi connectivity index (χ3n) is 1.72. The Bertz CT molecular complexity index is 215. The van der Waals surface area contributed by atoms with E-state index in [0.29, 0.717) is 12.6 Å². The number of ether oxygens (including phenoxy) is 1. The van der Waals surface area contributed by atoms with Crippen LogP contribution in [0.3, 0.4) is 0 Å². The van der Waals surface area contributed by atoms with Crippen LogP contribution in [0.15, 0.2) is 18.3 Å². The van der Waals surface area contributed by atoms with Crippen LogP contribution in [0.2, 0.25) is 0 Å². The Labute approximate surface area is 67.8 Å². The minimum Gasteiger partial charge on any atom is -0.378 e. The van der Waals surface area contributed by atoms with E-state index in [-0.39, 0.29) is 0 Å². The minimum atomic E-state index is 0.523. The Morgan fingerprint density at radius 3 is 2.82 bits per heavy atom. The van der Waals surface area contributed by atoms with E-state index < -0.39 is 0 Å². The van der Waals surface area contributed by atoms with Gasteiger partial charge in [0.25, 0.3) is 0 Å². The molecule has 1 aromatic rings. The first kappa shape index (κ1) is 8.34. The summed E-state index contributed by atoms with van der Waals surface area (Å²) in [6, 6.07) is 4.66. The lowest BCUT2D eigenvalue weighted by atomic mass is 10.3. The average molecular weight is 153 g/mol. The van der Waals surface area contributed by atoms with Crippen LogP contribution in [-0.4, -0.2) is 11.7 Å². The van der Waals surface area contributed by atoms with Crippen molar-refractivity contribution in [1.82, 2.24) is 4.57 Å². The fourth-order valence-electron chi connectivity index (χ4n) is 1.20. The van der Waals surface area contributed by atoms with Gasteiger partial charge in [-0.25, -0.2) is 0 Å². The molecule has 0 saturated carbocycles. The molecule has 1 heterocycles. The summed E-state index contributed by atoms with van der Waals surface area (Å²) in [5.41, 5.74) is 1.24. The summed E-state index contributed by atoms with van der Waals surface area (Å²) in [5, 5.41) is 0. The molecule has 1 aromatic heterocycles. The van der Waals surface area contributed by atoms with Gasteiger partial charge in [-0.15, -0.1) is 0 Å². The molecular weight excluding hydrogens is 138 g/mol. The van der Waals surface area contributed by atoms with Crippen molar-refractivity contribution in [2.24, 2.45) is 0 Å². The topological polar surface area (TPSA) is 14.2 Å². The van der Waals surface area contributed by atoms with Crippen molar-refractivity contribution in [3.05, 3.63) is 24.0 Å². The predicted molar refractivity (Wildman–Crippen MR) is 45.5 cm³/mol. The fourth-order valence-corrected chi connectivity index (χ4v) is 1.20. The van der Waals surface area contributed by atoms with Crippen molar-refractivity contribution in [2.45, 2.75) is 26.5 Å². The van der Waals surface area contributed by atoms with Gasteiger partial charge in [-0.3, -0.25) is 0 Å². The highest BCUT2D eigenvalue weighted by Gasteiger charge is 2.01. The van der Waals surface area contributed by atoms with E-state index in [2.05, 4.69) is 30.7 Å². The first-order chi connectivity index (χ1) is 5.25. The van der Waals surface area contributed by atoms with Gasteiger partial charge in [-0.1, -0.05) is 0 Å². The minimum absolute atomic E-state index is 0.523. The number of nitrogens with zero attached hydrogens (tertiary/aromatic N) is 1. The lowest BCUT2D eigenvalue weighted by Gasteiger charge is -2.11. The molecule has 2 nitrogen and oxygen atoms in total. The normalized spacial score (nSPS) is 10.9. The molecule has 0 aliphatic heterocycles. The van der Waals surface area contributed by atoms with Gasteiger partial charge in [-0.2, -0.15) is 0 Å². The molecule has 0 amide bonds. The molecule has 0 unspecified atom stereocenters. The maximum Gasteiger partial charge on any atom is 0.0864 e. The van der Waals surface area contributed by atoms with Gasteiger partial charge >= 0.3 is 0 Å². The van der Waals surface area contributed by atoms with Crippen LogP contribution in [0.25, 0.3) is 0 Å². The molecule has 0 aliphatic rings. The van der Waals surface area contributed by atoms with Crippen LogP contribution >= 0.6 is 0 Å². The Balaban J connectivity index is 2.78. The number of methoxy groups -OCH3 is 1. The zero-order chi connectivity index (χ0) is 8.27. The summed E-state index contributed by atoms with van der Waals surface area (Å²) in [6.45, 7) is 5.03. The zero-order valence-corrected chi connectivity index (χ0v) is 7.37. The van der Waals surface area contributed by atoms with Gasteiger partial charge in [0.15, 0.2) is 0 Å². The van der Waals surface area contributed by atoms with Crippen LogP contribution in [0.1, 0.15) is 25.6 Å². The average Bonchev–Trinajstić information content (AvgIpc) is 2.36. The van der Waals surface area contributed by atoms with Crippen molar-refractivity contribution < 1.29 is 4.74 Å². The number of hydrogen-bond acceptors (Lipinski definition) is 1. The highest BCUT2D eigenvalue weighted by Crippen LogP contribution is 2.10. The van der Waals surface area contributed by atoms with Crippen molar-refractivity contribution in [3.8, 4) is 0 Å². The third-order valence-corrected chi connectivity index (χ3v) is 1.72. The van der Waals surface area contributed by atoms with Crippen LogP contribution in [0.5, 0.6) is 0 Å². The van der Waals surface area contributed by atoms with Crippen LogP contribution in [0, 0.1) is 0 Å². The maximum absolute atomic E-state index is 5.06. The molecule has 0 atom stereocenters. The highest BCUT2D eigenvalue weighted by atomic mass is 16.5. The Kier molecular flexibility index (Phi) is 2.71. The first-order valence-electron chi connectivity index (χ1n) is 3.90. The van der Waals surface area contributed by atoms with Gasteiger partial charge in [0.1, 0.15) is 0 Å². The third kappa shape index (κ3) is 1.84. The molecule has 2 heteroatoms. The summed E-state index contributed by atoms with van der Waals surface area (Å²) in [4.78, 5) is 0. The van der Waals surface area contributed by atoms with Gasteiger partial charge in [0.2, 0.25) is 0 Å². The lowest BCUT2D eigenvalue weighted by molar-refractivity contribution is 0.177. The Hall–Kier alpha value is -0.760. The molecule has 0 saturated heterocycles. The quantitative estimate of drug-likeness (QED) is 0.649. The zero-order valence-electron chi connectivity index (χ0n) is 7.37. The Morgan fingerprint density at radius 1 is 1.55 bits per heavy atom. The molecule has 0 aliphatic carbocycles. The summed E-state index contributed by atoms with van der Waals surface area (Å²) in [6.07, 6.45) is 2.08. The largest absolute Gasteiger partial charge is 0.378 e. The second kappa shape index (κ2) is 3.58. The van der Waals surface area contributed by atoms with E-state index in [1.807, 2.05) is 6.07 Å². The van der Waals surface area contributed by atoms with Crippen LogP contribution in [-0.2, 0) is 11.3 Å². The Morgan fingerprint density at radius 2 is 2.27 bits per heavy atom. The number of rotatable bonds is 3. The fraction of sp³-hybridized carbons (Fsp3) is 0.556. The van der Waals surface area contributed by atoms with Crippen LogP contribution < -0.4 is 0 Å².